The molecule has 0 saturated carbocycles. The van der Waals surface area contributed by atoms with Gasteiger partial charge in [-0.15, -0.1) is 0 Å². The number of carbonyl (C=O) groups is 1. The minimum Gasteiger partial charge on any atom is -0.508 e. The number of nitrogens with zero attached hydrogens (tertiary/aromatic N) is 2. The van der Waals surface area contributed by atoms with Crippen LogP contribution in [0.4, 0.5) is 0 Å². The minimum absolute atomic E-state index is 0.281. The molecular weight excluding hydrogens is 308 g/mol. The van der Waals surface area contributed by atoms with Crippen LogP contribution in [-0.2, 0) is 4.79 Å². The van der Waals surface area contributed by atoms with Crippen LogP contribution in [-0.4, -0.2) is 64.5 Å². The number of rotatable bonds is 3. The summed E-state index contributed by atoms with van der Waals surface area (Å²) in [7, 11) is 0. The summed E-state index contributed by atoms with van der Waals surface area (Å²) in [5, 5.41) is 9.86. The highest BCUT2D eigenvalue weighted by molar-refractivity contribution is 7.99. The first kappa shape index (κ1) is 15.3. The molecule has 2 bridgehead atoms. The topological polar surface area (TPSA) is 43.8 Å². The number of phenolic OH excluding ortho intramolecular Hbond substituents is 1. The number of hydrogen-bond donors (Lipinski definition) is 1. The first-order valence-electron chi connectivity index (χ1n) is 8.50. The maximum Gasteiger partial charge on any atom is 0.232 e. The summed E-state index contributed by atoms with van der Waals surface area (Å²) in [5.41, 5.74) is 1.17. The summed E-state index contributed by atoms with van der Waals surface area (Å²) < 4.78 is 0. The van der Waals surface area contributed by atoms with Gasteiger partial charge >= 0.3 is 0 Å². The van der Waals surface area contributed by atoms with Crippen LogP contribution < -0.4 is 0 Å². The molecular formula is C18H24N2O2S. The molecule has 4 fully saturated rings. The van der Waals surface area contributed by atoms with E-state index in [4.69, 9.17) is 0 Å². The lowest BCUT2D eigenvalue weighted by Gasteiger charge is -2.51. The van der Waals surface area contributed by atoms with E-state index in [0.29, 0.717) is 35.4 Å². The second kappa shape index (κ2) is 6.02. The number of aromatic hydroxyl groups is 1. The number of likely N-dealkylation sites (tertiary alicyclic amines) is 1. The van der Waals surface area contributed by atoms with Gasteiger partial charge in [-0.3, -0.25) is 9.69 Å². The molecule has 1 aromatic carbocycles. The Labute approximate surface area is 141 Å². The van der Waals surface area contributed by atoms with Gasteiger partial charge in [0, 0.05) is 18.5 Å². The van der Waals surface area contributed by atoms with Crippen LogP contribution in [0.1, 0.15) is 24.3 Å². The van der Waals surface area contributed by atoms with Crippen molar-refractivity contribution < 1.29 is 9.90 Å². The van der Waals surface area contributed by atoms with E-state index in [0.717, 1.165) is 19.6 Å². The molecule has 5 heteroatoms. The Morgan fingerprint density at radius 2 is 2.09 bits per heavy atom. The average molecular weight is 332 g/mol. The molecule has 23 heavy (non-hydrogen) atoms. The van der Waals surface area contributed by atoms with Crippen LogP contribution >= 0.6 is 11.8 Å². The molecule has 0 aromatic heterocycles. The van der Waals surface area contributed by atoms with E-state index >= 15 is 0 Å². The number of piperidine rings is 3. The predicted octanol–water partition coefficient (Wildman–Crippen LogP) is 2.14. The molecule has 3 atom stereocenters. The third-order valence-electron chi connectivity index (χ3n) is 5.88. The number of fused-ring (bicyclic) bond motifs is 2. The van der Waals surface area contributed by atoms with Gasteiger partial charge in [-0.1, -0.05) is 12.1 Å². The smallest absolute Gasteiger partial charge is 0.232 e. The molecule has 124 valence electrons. The van der Waals surface area contributed by atoms with E-state index in [1.165, 1.54) is 18.4 Å². The highest BCUT2D eigenvalue weighted by atomic mass is 32.2. The van der Waals surface area contributed by atoms with E-state index in [1.54, 1.807) is 17.8 Å². The molecule has 0 spiro atoms. The Bertz CT molecular complexity index is 600. The van der Waals surface area contributed by atoms with E-state index in [2.05, 4.69) is 15.9 Å². The molecule has 5 rings (SSSR count). The van der Waals surface area contributed by atoms with Crippen LogP contribution in [0.3, 0.4) is 0 Å². The van der Waals surface area contributed by atoms with Gasteiger partial charge in [-0.2, -0.15) is 11.8 Å². The monoisotopic (exact) mass is 332 g/mol. The van der Waals surface area contributed by atoms with Crippen LogP contribution in [0, 0.1) is 5.92 Å². The van der Waals surface area contributed by atoms with Crippen molar-refractivity contribution in [2.45, 2.75) is 30.8 Å². The van der Waals surface area contributed by atoms with Gasteiger partial charge in [-0.25, -0.2) is 0 Å². The first-order valence-corrected chi connectivity index (χ1v) is 9.90. The Hall–Kier alpha value is -1.20. The molecule has 0 radical (unpaired) electrons. The van der Waals surface area contributed by atoms with Crippen molar-refractivity contribution in [2.75, 3.05) is 31.6 Å². The number of carbonyl (C=O) groups excluding carboxylic acids is 1. The van der Waals surface area contributed by atoms with Crippen molar-refractivity contribution in [3.05, 3.63) is 29.8 Å². The highest BCUT2D eigenvalue weighted by Crippen LogP contribution is 2.46. The number of thioether (sulfide) groups is 1. The average Bonchev–Trinajstić information content (AvgIpc) is 2.99. The summed E-state index contributed by atoms with van der Waals surface area (Å²) in [6.45, 7) is 3.11. The largest absolute Gasteiger partial charge is 0.508 e. The van der Waals surface area contributed by atoms with Crippen LogP contribution in [0.25, 0.3) is 0 Å². The Kier molecular flexibility index (Phi) is 4.01. The minimum atomic E-state index is 0.281. The summed E-state index contributed by atoms with van der Waals surface area (Å²) in [6.07, 6.45) is 4.43. The van der Waals surface area contributed by atoms with E-state index in [9.17, 15) is 9.90 Å². The molecule has 1 N–H and O–H groups in total. The summed E-state index contributed by atoms with van der Waals surface area (Å²) in [5.74, 6) is 2.15. The molecule has 0 unspecified atom stereocenters. The fourth-order valence-electron chi connectivity index (χ4n) is 4.96. The standard InChI is InChI=1S/C18H24N2O2S/c1-23-11-16(22)20-10-15(13-3-2-4-14(21)9-13)18-17(20)12-5-7-19(18)8-6-12/h2-4,9,12,15,17-18,21H,5-8,10-11H2,1H3/t15-,17+,18+/m1/s1. The van der Waals surface area contributed by atoms with Crippen molar-refractivity contribution in [1.29, 1.82) is 0 Å². The Morgan fingerprint density at radius 1 is 1.30 bits per heavy atom. The molecule has 4 aliphatic heterocycles. The van der Waals surface area contributed by atoms with Gasteiger partial charge in [0.1, 0.15) is 5.75 Å². The van der Waals surface area contributed by atoms with Crippen molar-refractivity contribution in [1.82, 2.24) is 9.80 Å². The lowest BCUT2D eigenvalue weighted by molar-refractivity contribution is -0.133. The van der Waals surface area contributed by atoms with Crippen LogP contribution in [0.15, 0.2) is 24.3 Å². The molecule has 0 aliphatic carbocycles. The van der Waals surface area contributed by atoms with Crippen molar-refractivity contribution in [3.8, 4) is 5.75 Å². The third kappa shape index (κ3) is 2.54. The summed E-state index contributed by atoms with van der Waals surface area (Å²) in [4.78, 5) is 17.4. The van der Waals surface area contributed by atoms with Gasteiger partial charge in [0.25, 0.3) is 0 Å². The molecule has 1 aromatic rings. The molecule has 1 amide bonds. The van der Waals surface area contributed by atoms with E-state index < -0.39 is 0 Å². The predicted molar refractivity (Wildman–Crippen MR) is 92.8 cm³/mol. The van der Waals surface area contributed by atoms with Crippen molar-refractivity contribution in [2.24, 2.45) is 5.92 Å². The maximum atomic E-state index is 12.7. The van der Waals surface area contributed by atoms with Crippen LogP contribution in [0.2, 0.25) is 0 Å². The zero-order valence-corrected chi connectivity index (χ0v) is 14.3. The summed E-state index contributed by atoms with van der Waals surface area (Å²) in [6, 6.07) is 8.42. The molecule has 4 saturated heterocycles. The lowest BCUT2D eigenvalue weighted by atomic mass is 9.75. The number of phenols is 1. The fourth-order valence-corrected chi connectivity index (χ4v) is 5.37. The first-order chi connectivity index (χ1) is 11.2. The second-order valence-electron chi connectivity index (χ2n) is 7.04. The van der Waals surface area contributed by atoms with Crippen molar-refractivity contribution in [3.63, 3.8) is 0 Å². The third-order valence-corrected chi connectivity index (χ3v) is 6.42. The van der Waals surface area contributed by atoms with Gasteiger partial charge in [-0.05, 0) is 55.8 Å². The molecule has 4 nitrogen and oxygen atoms in total. The van der Waals surface area contributed by atoms with Gasteiger partial charge in [0.05, 0.1) is 11.8 Å². The molecule has 4 heterocycles. The van der Waals surface area contributed by atoms with Crippen molar-refractivity contribution >= 4 is 17.7 Å². The SMILES string of the molecule is CSCC(=O)N1C[C@H](c2cccc(O)c2)[C@H]2[C@@H]1C1CCN2CC1. The second-order valence-corrected chi connectivity index (χ2v) is 7.90. The fraction of sp³-hybridized carbons (Fsp3) is 0.611. The zero-order valence-electron chi connectivity index (χ0n) is 13.5. The van der Waals surface area contributed by atoms with Gasteiger partial charge < -0.3 is 10.0 Å². The Balaban J connectivity index is 1.69. The molecule has 4 aliphatic rings. The van der Waals surface area contributed by atoms with E-state index in [-0.39, 0.29) is 5.91 Å². The Morgan fingerprint density at radius 3 is 2.78 bits per heavy atom. The quantitative estimate of drug-likeness (QED) is 0.921. The van der Waals surface area contributed by atoms with E-state index in [1.807, 2.05) is 18.4 Å². The summed E-state index contributed by atoms with van der Waals surface area (Å²) >= 11 is 1.61. The zero-order chi connectivity index (χ0) is 16.0. The maximum absolute atomic E-state index is 12.7. The van der Waals surface area contributed by atoms with Crippen LogP contribution in [0.5, 0.6) is 5.75 Å². The highest BCUT2D eigenvalue weighted by Gasteiger charge is 2.54. The number of hydrogen-bond acceptors (Lipinski definition) is 4. The number of benzene rings is 1. The van der Waals surface area contributed by atoms with Gasteiger partial charge in [0.2, 0.25) is 5.91 Å². The van der Waals surface area contributed by atoms with Gasteiger partial charge in [0.15, 0.2) is 0 Å². The lowest BCUT2D eigenvalue weighted by Crippen LogP contribution is -2.60. The number of amides is 1. The normalized spacial score (nSPS) is 35.3.